The third-order valence-electron chi connectivity index (χ3n) is 5.40. The smallest absolute Gasteiger partial charge is 0.343 e. The molecule has 2 aromatic carbocycles. The minimum Gasteiger partial charge on any atom is -0.425 e. The molecule has 2 aromatic rings. The number of carbonyl (C=O) groups is 2. The topological polar surface area (TPSA) is 61.8 Å². The molecule has 0 N–H and O–H groups in total. The van der Waals surface area contributed by atoms with Gasteiger partial charge in [-0.3, -0.25) is 4.79 Å². The summed E-state index contributed by atoms with van der Waals surface area (Å²) in [7, 11) is 0. The van der Waals surface area contributed by atoms with E-state index in [0.29, 0.717) is 17.1 Å². The maximum Gasteiger partial charge on any atom is 0.343 e. The number of alkyl halides is 1. The molecule has 0 heterocycles. The molecule has 0 fully saturated rings. The first kappa shape index (κ1) is 27.9. The summed E-state index contributed by atoms with van der Waals surface area (Å²) < 4.78 is 16.3. The maximum absolute atomic E-state index is 12.4. The minimum atomic E-state index is -0.713. The van der Waals surface area contributed by atoms with Crippen molar-refractivity contribution < 1.29 is 23.8 Å². The number of rotatable bonds is 15. The van der Waals surface area contributed by atoms with Crippen LogP contribution in [0.1, 0.15) is 75.2 Å². The number of hydrogen-bond donors (Lipinski definition) is 0. The number of halogens is 1. The summed E-state index contributed by atoms with van der Waals surface area (Å²) in [5.41, 5.74) is 1.69. The standard InChI is InChI=1S/C28H37ClO5/c1-4-5-8-19-32-20-9-6-7-10-22-11-13-23(14-12-22)27(30)33-24-15-17-25(18-16-24)34-28(31)26(29)21(2)3/h11-18,21,26H,4-10,19-20H2,1-3H3/t26-/m1/s1. The Morgan fingerprint density at radius 1 is 0.794 bits per heavy atom. The van der Waals surface area contributed by atoms with Crippen LogP contribution in [-0.2, 0) is 16.0 Å². The molecule has 0 saturated heterocycles. The average Bonchev–Trinajstić information content (AvgIpc) is 2.84. The Morgan fingerprint density at radius 2 is 1.38 bits per heavy atom. The summed E-state index contributed by atoms with van der Waals surface area (Å²) >= 11 is 6.01. The predicted octanol–water partition coefficient (Wildman–Crippen LogP) is 6.99. The molecule has 0 aliphatic rings. The fraction of sp³-hybridized carbons (Fsp3) is 0.500. The molecule has 0 amide bonds. The second-order valence-electron chi connectivity index (χ2n) is 8.75. The molecular weight excluding hydrogens is 452 g/mol. The van der Waals surface area contributed by atoms with Gasteiger partial charge >= 0.3 is 11.9 Å². The van der Waals surface area contributed by atoms with E-state index in [0.717, 1.165) is 45.3 Å². The van der Waals surface area contributed by atoms with Crippen molar-refractivity contribution in [2.45, 2.75) is 71.1 Å². The molecule has 0 radical (unpaired) electrons. The highest BCUT2D eigenvalue weighted by molar-refractivity contribution is 6.30. The van der Waals surface area contributed by atoms with Crippen molar-refractivity contribution in [2.75, 3.05) is 13.2 Å². The van der Waals surface area contributed by atoms with Gasteiger partial charge in [0.15, 0.2) is 0 Å². The predicted molar refractivity (Wildman–Crippen MR) is 136 cm³/mol. The number of benzene rings is 2. The van der Waals surface area contributed by atoms with Crippen LogP contribution in [0.3, 0.4) is 0 Å². The number of carbonyl (C=O) groups excluding carboxylic acids is 2. The second-order valence-corrected chi connectivity index (χ2v) is 9.23. The lowest BCUT2D eigenvalue weighted by molar-refractivity contribution is -0.134. The van der Waals surface area contributed by atoms with Gasteiger partial charge in [-0.2, -0.15) is 0 Å². The largest absolute Gasteiger partial charge is 0.425 e. The van der Waals surface area contributed by atoms with Crippen LogP contribution < -0.4 is 9.47 Å². The number of esters is 2. The summed E-state index contributed by atoms with van der Waals surface area (Å²) in [6, 6.07) is 13.8. The molecule has 0 bridgehead atoms. The van der Waals surface area contributed by atoms with Crippen LogP contribution in [-0.4, -0.2) is 30.5 Å². The van der Waals surface area contributed by atoms with Gasteiger partial charge in [-0.05, 0) is 73.6 Å². The van der Waals surface area contributed by atoms with Gasteiger partial charge in [-0.25, -0.2) is 4.79 Å². The molecule has 0 aromatic heterocycles. The molecule has 5 nitrogen and oxygen atoms in total. The fourth-order valence-electron chi connectivity index (χ4n) is 3.26. The van der Waals surface area contributed by atoms with Crippen LogP contribution in [0.2, 0.25) is 0 Å². The van der Waals surface area contributed by atoms with Gasteiger partial charge in [0, 0.05) is 13.2 Å². The van der Waals surface area contributed by atoms with E-state index in [2.05, 4.69) is 6.92 Å². The SMILES string of the molecule is CCCCCOCCCCCc1ccc(C(=O)Oc2ccc(OC(=O)[C@H](Cl)C(C)C)cc2)cc1. The van der Waals surface area contributed by atoms with Gasteiger partial charge in [0.05, 0.1) is 5.56 Å². The minimum absolute atomic E-state index is 0.0273. The van der Waals surface area contributed by atoms with E-state index in [4.69, 9.17) is 25.8 Å². The molecule has 34 heavy (non-hydrogen) atoms. The van der Waals surface area contributed by atoms with Crippen molar-refractivity contribution in [3.05, 3.63) is 59.7 Å². The van der Waals surface area contributed by atoms with Crippen LogP contribution >= 0.6 is 11.6 Å². The normalized spacial score (nSPS) is 11.9. The average molecular weight is 489 g/mol. The lowest BCUT2D eigenvalue weighted by Gasteiger charge is -2.12. The molecule has 186 valence electrons. The van der Waals surface area contributed by atoms with Gasteiger partial charge in [0.2, 0.25) is 0 Å². The van der Waals surface area contributed by atoms with Gasteiger partial charge < -0.3 is 14.2 Å². The van der Waals surface area contributed by atoms with Crippen LogP contribution in [0.15, 0.2) is 48.5 Å². The van der Waals surface area contributed by atoms with E-state index in [1.54, 1.807) is 36.4 Å². The Bertz CT molecular complexity index is 861. The van der Waals surface area contributed by atoms with Crippen LogP contribution in [0, 0.1) is 5.92 Å². The van der Waals surface area contributed by atoms with E-state index in [1.165, 1.54) is 18.4 Å². The van der Waals surface area contributed by atoms with Crippen molar-refractivity contribution in [1.29, 1.82) is 0 Å². The van der Waals surface area contributed by atoms with Crippen molar-refractivity contribution in [1.82, 2.24) is 0 Å². The first-order valence-corrected chi connectivity index (χ1v) is 12.7. The molecule has 1 atom stereocenters. The van der Waals surface area contributed by atoms with Crippen molar-refractivity contribution in [2.24, 2.45) is 5.92 Å². The summed E-state index contributed by atoms with van der Waals surface area (Å²) in [4.78, 5) is 24.4. The molecule has 0 spiro atoms. The Balaban J connectivity index is 1.71. The number of ether oxygens (including phenoxy) is 3. The summed E-state index contributed by atoms with van der Waals surface area (Å²) in [5.74, 6) is -0.240. The molecule has 2 rings (SSSR count). The lowest BCUT2D eigenvalue weighted by atomic mass is 10.1. The van der Waals surface area contributed by atoms with Crippen LogP contribution in [0.4, 0.5) is 0 Å². The number of unbranched alkanes of at least 4 members (excludes halogenated alkanes) is 4. The summed E-state index contributed by atoms with van der Waals surface area (Å²) in [6.45, 7) is 7.60. The van der Waals surface area contributed by atoms with E-state index < -0.39 is 17.3 Å². The van der Waals surface area contributed by atoms with E-state index in [1.807, 2.05) is 26.0 Å². The Morgan fingerprint density at radius 3 is 1.97 bits per heavy atom. The molecule has 0 saturated carbocycles. The zero-order valence-corrected chi connectivity index (χ0v) is 21.3. The molecule has 6 heteroatoms. The van der Waals surface area contributed by atoms with Crippen molar-refractivity contribution in [3.8, 4) is 11.5 Å². The first-order chi connectivity index (χ1) is 16.4. The Kier molecular flexibility index (Phi) is 12.7. The summed E-state index contributed by atoms with van der Waals surface area (Å²) in [6.07, 6.45) is 7.90. The highest BCUT2D eigenvalue weighted by Crippen LogP contribution is 2.21. The zero-order valence-electron chi connectivity index (χ0n) is 20.6. The molecule has 0 aliphatic heterocycles. The van der Waals surface area contributed by atoms with E-state index in [-0.39, 0.29) is 5.92 Å². The maximum atomic E-state index is 12.4. The highest BCUT2D eigenvalue weighted by Gasteiger charge is 2.21. The van der Waals surface area contributed by atoms with Gasteiger partial charge in [0.1, 0.15) is 16.9 Å². The molecule has 0 unspecified atom stereocenters. The van der Waals surface area contributed by atoms with Crippen molar-refractivity contribution in [3.63, 3.8) is 0 Å². The van der Waals surface area contributed by atoms with Gasteiger partial charge in [-0.15, -0.1) is 11.6 Å². The second kappa shape index (κ2) is 15.5. The summed E-state index contributed by atoms with van der Waals surface area (Å²) in [5, 5.41) is -0.713. The van der Waals surface area contributed by atoms with Crippen molar-refractivity contribution >= 4 is 23.5 Å². The van der Waals surface area contributed by atoms with E-state index in [9.17, 15) is 9.59 Å². The van der Waals surface area contributed by atoms with E-state index >= 15 is 0 Å². The zero-order chi connectivity index (χ0) is 24.8. The van der Waals surface area contributed by atoms with Gasteiger partial charge in [-0.1, -0.05) is 52.2 Å². The first-order valence-electron chi connectivity index (χ1n) is 12.3. The lowest BCUT2D eigenvalue weighted by Crippen LogP contribution is -2.25. The number of hydrogen-bond acceptors (Lipinski definition) is 5. The quantitative estimate of drug-likeness (QED) is 0.117. The van der Waals surface area contributed by atoms with Crippen LogP contribution in [0.25, 0.3) is 0 Å². The van der Waals surface area contributed by atoms with Crippen LogP contribution in [0.5, 0.6) is 11.5 Å². The molecular formula is C28H37ClO5. The Hall–Kier alpha value is -2.37. The highest BCUT2D eigenvalue weighted by atomic mass is 35.5. The number of aryl methyl sites for hydroxylation is 1. The fourth-order valence-corrected chi connectivity index (χ4v) is 3.30. The third-order valence-corrected chi connectivity index (χ3v) is 6.08. The Labute approximate surface area is 208 Å². The monoisotopic (exact) mass is 488 g/mol. The third kappa shape index (κ3) is 10.3. The molecule has 0 aliphatic carbocycles. The van der Waals surface area contributed by atoms with Gasteiger partial charge in [0.25, 0.3) is 0 Å².